The summed E-state index contributed by atoms with van der Waals surface area (Å²) < 4.78 is 50.7. The van der Waals surface area contributed by atoms with Gasteiger partial charge in [-0.2, -0.15) is 4.98 Å². The molecule has 1 aliphatic heterocycles. The van der Waals surface area contributed by atoms with Crippen molar-refractivity contribution < 1.29 is 27.4 Å². The number of alkyl halides is 2. The fourth-order valence-corrected chi connectivity index (χ4v) is 3.79. The van der Waals surface area contributed by atoms with Gasteiger partial charge in [0.1, 0.15) is 0 Å². The van der Waals surface area contributed by atoms with Gasteiger partial charge < -0.3 is 14.4 Å². The molecule has 1 aliphatic carbocycles. The molecule has 1 atom stereocenters. The van der Waals surface area contributed by atoms with E-state index in [4.69, 9.17) is 9.47 Å². The SMILES string of the molecule is COc1nc(OCC2CC(F)(F)C2)c(F)cc1CN(C)C(=O)[C@@H]1CCCN1C.Cl. The van der Waals surface area contributed by atoms with E-state index in [9.17, 15) is 18.0 Å². The van der Waals surface area contributed by atoms with Gasteiger partial charge in [-0.25, -0.2) is 13.2 Å². The van der Waals surface area contributed by atoms with Crippen LogP contribution in [-0.4, -0.2) is 67.0 Å². The topological polar surface area (TPSA) is 54.9 Å². The first-order valence-corrected chi connectivity index (χ1v) is 9.39. The van der Waals surface area contributed by atoms with Gasteiger partial charge in [0.05, 0.1) is 26.3 Å². The number of aromatic nitrogens is 1. The number of carbonyl (C=O) groups is 1. The molecular formula is C19H27ClF3N3O3. The first-order valence-electron chi connectivity index (χ1n) is 9.39. The Labute approximate surface area is 174 Å². The molecule has 1 saturated heterocycles. The molecule has 1 aromatic heterocycles. The number of likely N-dealkylation sites (N-methyl/N-ethyl adjacent to an activating group) is 2. The maximum Gasteiger partial charge on any atom is 0.253 e. The molecule has 29 heavy (non-hydrogen) atoms. The molecular weight excluding hydrogens is 411 g/mol. The Bertz CT molecular complexity index is 730. The number of ether oxygens (including phenoxy) is 2. The molecule has 10 heteroatoms. The lowest BCUT2D eigenvalue weighted by Crippen LogP contribution is -2.42. The van der Waals surface area contributed by atoms with Gasteiger partial charge in [-0.05, 0) is 32.5 Å². The van der Waals surface area contributed by atoms with Crippen LogP contribution < -0.4 is 9.47 Å². The molecule has 0 N–H and O–H groups in total. The lowest BCUT2D eigenvalue weighted by atomic mass is 9.82. The molecule has 164 valence electrons. The number of nitrogens with zero attached hydrogens (tertiary/aromatic N) is 3. The maximum atomic E-state index is 14.4. The van der Waals surface area contributed by atoms with Gasteiger partial charge in [-0.3, -0.25) is 9.69 Å². The first kappa shape index (κ1) is 23.5. The highest BCUT2D eigenvalue weighted by molar-refractivity contribution is 5.85. The Morgan fingerprint density at radius 2 is 2.07 bits per heavy atom. The molecule has 0 spiro atoms. The largest absolute Gasteiger partial charge is 0.481 e. The summed E-state index contributed by atoms with van der Waals surface area (Å²) in [6, 6.07) is 1.05. The number of methoxy groups -OCH3 is 1. The van der Waals surface area contributed by atoms with Crippen LogP contribution in [0.4, 0.5) is 13.2 Å². The zero-order valence-corrected chi connectivity index (χ0v) is 17.6. The third kappa shape index (κ3) is 5.45. The third-order valence-corrected chi connectivity index (χ3v) is 5.40. The van der Waals surface area contributed by atoms with Crippen LogP contribution in [0.3, 0.4) is 0 Å². The molecule has 0 aromatic carbocycles. The van der Waals surface area contributed by atoms with Crippen LogP contribution in [0.15, 0.2) is 6.07 Å². The maximum absolute atomic E-state index is 14.4. The summed E-state index contributed by atoms with van der Waals surface area (Å²) in [5.41, 5.74) is 0.416. The van der Waals surface area contributed by atoms with Crippen LogP contribution >= 0.6 is 12.4 Å². The Kier molecular flexibility index (Phi) is 7.62. The van der Waals surface area contributed by atoms with Crippen molar-refractivity contribution in [3.8, 4) is 11.8 Å². The Morgan fingerprint density at radius 1 is 1.38 bits per heavy atom. The Balaban J connectivity index is 0.00000300. The molecule has 2 heterocycles. The van der Waals surface area contributed by atoms with E-state index in [-0.39, 0.29) is 68.0 Å². The Morgan fingerprint density at radius 3 is 2.62 bits per heavy atom. The van der Waals surface area contributed by atoms with Gasteiger partial charge in [-0.15, -0.1) is 12.4 Å². The number of hydrogen-bond acceptors (Lipinski definition) is 5. The van der Waals surface area contributed by atoms with Crippen LogP contribution in [-0.2, 0) is 11.3 Å². The lowest BCUT2D eigenvalue weighted by Gasteiger charge is -2.34. The molecule has 3 rings (SSSR count). The van der Waals surface area contributed by atoms with Crippen molar-refractivity contribution in [1.29, 1.82) is 0 Å². The fraction of sp³-hybridized carbons (Fsp3) is 0.684. The van der Waals surface area contributed by atoms with E-state index in [1.165, 1.54) is 18.1 Å². The predicted octanol–water partition coefficient (Wildman–Crippen LogP) is 3.13. The Hall–Kier alpha value is -1.74. The molecule has 0 unspecified atom stereocenters. The zero-order chi connectivity index (χ0) is 20.5. The second-order valence-corrected chi connectivity index (χ2v) is 7.72. The minimum atomic E-state index is -2.65. The highest BCUT2D eigenvalue weighted by atomic mass is 35.5. The van der Waals surface area contributed by atoms with Crippen LogP contribution in [0.1, 0.15) is 31.2 Å². The summed E-state index contributed by atoms with van der Waals surface area (Å²) in [4.78, 5) is 20.2. The lowest BCUT2D eigenvalue weighted by molar-refractivity contribution is -0.134. The highest BCUT2D eigenvalue weighted by Gasteiger charge is 2.45. The minimum absolute atomic E-state index is 0. The molecule has 1 aromatic rings. The normalized spacial score (nSPS) is 21.2. The second-order valence-electron chi connectivity index (χ2n) is 7.72. The van der Waals surface area contributed by atoms with Gasteiger partial charge in [0.25, 0.3) is 5.88 Å². The summed E-state index contributed by atoms with van der Waals surface area (Å²) in [5, 5.41) is 0. The molecule has 2 aliphatic rings. The van der Waals surface area contributed by atoms with E-state index in [2.05, 4.69) is 4.98 Å². The monoisotopic (exact) mass is 437 g/mol. The van der Waals surface area contributed by atoms with E-state index in [0.717, 1.165) is 19.4 Å². The molecule has 1 saturated carbocycles. The number of rotatable bonds is 7. The standard InChI is InChI=1S/C19H26F3N3O3.ClH/c1-24-6-4-5-15(24)18(26)25(2)10-13-7-14(20)17(23-16(13)27-3)28-11-12-8-19(21,22)9-12;/h7,12,15H,4-6,8-11H2,1-3H3;1H/t15-;/m0./s1. The fourth-order valence-electron chi connectivity index (χ4n) is 3.79. The number of carbonyl (C=O) groups excluding carboxylic acids is 1. The van der Waals surface area contributed by atoms with E-state index in [0.29, 0.717) is 5.56 Å². The summed E-state index contributed by atoms with van der Waals surface area (Å²) >= 11 is 0. The number of amides is 1. The number of hydrogen-bond donors (Lipinski definition) is 0. The molecule has 0 bridgehead atoms. The third-order valence-electron chi connectivity index (χ3n) is 5.40. The summed E-state index contributed by atoms with van der Waals surface area (Å²) in [5.74, 6) is -3.83. The van der Waals surface area contributed by atoms with Crippen LogP contribution in [0.2, 0.25) is 0 Å². The average molecular weight is 438 g/mol. The molecule has 6 nitrogen and oxygen atoms in total. The molecule has 1 amide bonds. The minimum Gasteiger partial charge on any atom is -0.481 e. The van der Waals surface area contributed by atoms with Gasteiger partial charge in [0.15, 0.2) is 5.82 Å². The summed E-state index contributed by atoms with van der Waals surface area (Å²) in [6.45, 7) is 1.00. The molecule has 2 fully saturated rings. The summed E-state index contributed by atoms with van der Waals surface area (Å²) in [7, 11) is 4.97. The van der Waals surface area contributed by atoms with E-state index < -0.39 is 11.7 Å². The van der Waals surface area contributed by atoms with Crippen molar-refractivity contribution in [2.45, 2.75) is 44.2 Å². The van der Waals surface area contributed by atoms with E-state index in [1.54, 1.807) is 7.05 Å². The van der Waals surface area contributed by atoms with Gasteiger partial charge in [0.2, 0.25) is 17.7 Å². The van der Waals surface area contributed by atoms with Gasteiger partial charge >= 0.3 is 0 Å². The van der Waals surface area contributed by atoms with Crippen LogP contribution in [0.5, 0.6) is 11.8 Å². The quantitative estimate of drug-likeness (QED) is 0.656. The van der Waals surface area contributed by atoms with Crippen molar-refractivity contribution in [2.75, 3.05) is 34.4 Å². The van der Waals surface area contributed by atoms with Crippen molar-refractivity contribution >= 4 is 18.3 Å². The number of pyridine rings is 1. The smallest absolute Gasteiger partial charge is 0.253 e. The number of halogens is 4. The summed E-state index contributed by atoms with van der Waals surface area (Å²) in [6.07, 6.45) is 1.26. The second kappa shape index (κ2) is 9.38. The van der Waals surface area contributed by atoms with Crippen molar-refractivity contribution in [3.63, 3.8) is 0 Å². The predicted molar refractivity (Wildman–Crippen MR) is 103 cm³/mol. The van der Waals surface area contributed by atoms with Gasteiger partial charge in [-0.1, -0.05) is 0 Å². The highest BCUT2D eigenvalue weighted by Crippen LogP contribution is 2.42. The van der Waals surface area contributed by atoms with Crippen molar-refractivity contribution in [2.24, 2.45) is 5.92 Å². The van der Waals surface area contributed by atoms with Crippen LogP contribution in [0.25, 0.3) is 0 Å². The number of likely N-dealkylation sites (tertiary alicyclic amines) is 1. The first-order chi connectivity index (χ1) is 13.2. The van der Waals surface area contributed by atoms with E-state index >= 15 is 0 Å². The van der Waals surface area contributed by atoms with Crippen LogP contribution in [0, 0.1) is 11.7 Å². The van der Waals surface area contributed by atoms with Crippen molar-refractivity contribution in [3.05, 3.63) is 17.4 Å². The van der Waals surface area contributed by atoms with E-state index in [1.807, 2.05) is 11.9 Å². The zero-order valence-electron chi connectivity index (χ0n) is 16.8. The molecule has 0 radical (unpaired) electrons. The van der Waals surface area contributed by atoms with Crippen molar-refractivity contribution in [1.82, 2.24) is 14.8 Å². The average Bonchev–Trinajstić information content (AvgIpc) is 3.04. The van der Waals surface area contributed by atoms with Gasteiger partial charge in [0, 0.05) is 31.4 Å².